The van der Waals surface area contributed by atoms with Crippen molar-refractivity contribution in [1.29, 1.82) is 0 Å². The lowest BCUT2D eigenvalue weighted by atomic mass is 10.0. The molecule has 6 rings (SSSR count). The molecule has 3 heterocycles. The van der Waals surface area contributed by atoms with Gasteiger partial charge in [-0.1, -0.05) is 72.4 Å². The summed E-state index contributed by atoms with van der Waals surface area (Å²) in [5.41, 5.74) is 7.25. The Morgan fingerprint density at radius 3 is 2.47 bits per heavy atom. The molecule has 3 aromatic heterocycles. The van der Waals surface area contributed by atoms with E-state index in [4.69, 9.17) is 15.0 Å². The zero-order valence-corrected chi connectivity index (χ0v) is 20.3. The molecule has 0 saturated heterocycles. The minimum absolute atomic E-state index is 0.0503. The van der Waals surface area contributed by atoms with Crippen molar-refractivity contribution in [2.45, 2.75) is 30.2 Å². The number of benzene rings is 2. The van der Waals surface area contributed by atoms with Gasteiger partial charge in [0.2, 0.25) is 0 Å². The van der Waals surface area contributed by atoms with E-state index in [1.165, 1.54) is 27.6 Å². The number of nitrogens with one attached hydrogen (secondary N) is 1. The number of hydrogen-bond acceptors (Lipinski definition) is 7. The number of aryl methyl sites for hydroxylation is 1. The Morgan fingerprint density at radius 2 is 1.68 bits per heavy atom. The summed E-state index contributed by atoms with van der Waals surface area (Å²) in [6, 6.07) is 20.9. The third kappa shape index (κ3) is 3.94. The summed E-state index contributed by atoms with van der Waals surface area (Å²) in [5.74, 6) is 1.59. The first-order valence-corrected chi connectivity index (χ1v) is 13.3. The highest BCUT2D eigenvalue weighted by Gasteiger charge is 2.25. The fourth-order valence-corrected chi connectivity index (χ4v) is 6.57. The molecule has 34 heavy (non-hydrogen) atoms. The summed E-state index contributed by atoms with van der Waals surface area (Å²) in [5, 5.41) is 14.7. The van der Waals surface area contributed by atoms with Crippen LogP contribution in [-0.4, -0.2) is 33.2 Å². The lowest BCUT2D eigenvalue weighted by Gasteiger charge is -2.10. The minimum Gasteiger partial charge on any atom is -0.395 e. The first kappa shape index (κ1) is 21.5. The molecule has 7 heteroatoms. The number of rotatable bonds is 7. The van der Waals surface area contributed by atoms with Gasteiger partial charge in [0.1, 0.15) is 10.6 Å². The molecular weight excluding hydrogens is 460 g/mol. The molecule has 0 amide bonds. The van der Waals surface area contributed by atoms with E-state index in [2.05, 4.69) is 53.8 Å². The van der Waals surface area contributed by atoms with Gasteiger partial charge in [0.25, 0.3) is 0 Å². The van der Waals surface area contributed by atoms with Crippen molar-refractivity contribution < 1.29 is 5.11 Å². The van der Waals surface area contributed by atoms with Crippen molar-refractivity contribution in [1.82, 2.24) is 15.0 Å². The molecule has 0 spiro atoms. The molecule has 0 unspecified atom stereocenters. The molecule has 170 valence electrons. The monoisotopic (exact) mass is 484 g/mol. The second-order valence-electron chi connectivity index (χ2n) is 8.38. The molecular formula is C27H24N4OS2. The maximum atomic E-state index is 9.43. The first-order valence-electron chi connectivity index (χ1n) is 11.5. The molecule has 2 N–H and O–H groups in total. The van der Waals surface area contributed by atoms with E-state index in [1.807, 2.05) is 12.1 Å². The fourth-order valence-electron chi connectivity index (χ4n) is 4.66. The van der Waals surface area contributed by atoms with Crippen molar-refractivity contribution in [3.05, 3.63) is 77.4 Å². The number of thioether (sulfide) groups is 1. The van der Waals surface area contributed by atoms with Gasteiger partial charge in [-0.2, -0.15) is 0 Å². The van der Waals surface area contributed by atoms with Crippen molar-refractivity contribution >= 4 is 49.3 Å². The quantitative estimate of drug-likeness (QED) is 0.215. The molecule has 0 aliphatic heterocycles. The van der Waals surface area contributed by atoms with E-state index in [0.29, 0.717) is 6.54 Å². The lowest BCUT2D eigenvalue weighted by Crippen LogP contribution is -2.08. The van der Waals surface area contributed by atoms with Crippen molar-refractivity contribution in [3.63, 3.8) is 0 Å². The first-order chi connectivity index (χ1) is 16.8. The molecule has 2 aromatic carbocycles. The number of pyridine rings is 1. The highest BCUT2D eigenvalue weighted by atomic mass is 32.2. The van der Waals surface area contributed by atoms with Crippen LogP contribution in [0.5, 0.6) is 0 Å². The number of aliphatic hydroxyl groups is 1. The third-order valence-corrected chi connectivity index (χ3v) is 8.17. The summed E-state index contributed by atoms with van der Waals surface area (Å²) < 4.78 is 1.01. The zero-order chi connectivity index (χ0) is 22.9. The fraction of sp³-hybridized carbons (Fsp3) is 0.222. The van der Waals surface area contributed by atoms with E-state index in [0.717, 1.165) is 56.7 Å². The van der Waals surface area contributed by atoms with Crippen molar-refractivity contribution in [2.75, 3.05) is 18.5 Å². The summed E-state index contributed by atoms with van der Waals surface area (Å²) in [6.45, 7) is 0.499. The molecule has 0 saturated carbocycles. The van der Waals surface area contributed by atoms with Gasteiger partial charge in [0.05, 0.1) is 22.5 Å². The van der Waals surface area contributed by atoms with Crippen LogP contribution in [0.3, 0.4) is 0 Å². The molecule has 0 radical (unpaired) electrons. The average molecular weight is 485 g/mol. The molecule has 0 fully saturated rings. The van der Waals surface area contributed by atoms with Crippen LogP contribution in [0.1, 0.15) is 23.1 Å². The summed E-state index contributed by atoms with van der Waals surface area (Å²) >= 11 is 3.29. The predicted molar refractivity (Wildman–Crippen MR) is 142 cm³/mol. The van der Waals surface area contributed by atoms with Gasteiger partial charge in [-0.25, -0.2) is 15.0 Å². The molecule has 1 aliphatic rings. The normalized spacial score (nSPS) is 13.0. The topological polar surface area (TPSA) is 70.9 Å². The lowest BCUT2D eigenvalue weighted by molar-refractivity contribution is 0.311. The average Bonchev–Trinajstić information content (AvgIpc) is 3.51. The van der Waals surface area contributed by atoms with Crippen LogP contribution in [0, 0.1) is 0 Å². The van der Waals surface area contributed by atoms with Crippen molar-refractivity contribution in [3.8, 4) is 11.3 Å². The molecule has 5 aromatic rings. The van der Waals surface area contributed by atoms with Gasteiger partial charge < -0.3 is 10.4 Å². The second-order valence-corrected chi connectivity index (χ2v) is 10.3. The number of fused-ring (bicyclic) bond motifs is 5. The molecule has 0 bridgehead atoms. The molecule has 1 aliphatic carbocycles. The standard InChI is InChI=1S/C27H24N4OS2/c32-15-14-28-25-24-23(30-27(31-25)33-16-17-8-3-1-4-9-17)21-19-12-7-13-20(19)22(29-26(21)34-24)18-10-5-2-6-11-18/h1-6,8-11,32H,7,12-16H2,(H,28,30,31). The van der Waals surface area contributed by atoms with E-state index in [1.54, 1.807) is 23.1 Å². The van der Waals surface area contributed by atoms with E-state index in [-0.39, 0.29) is 6.61 Å². The van der Waals surface area contributed by atoms with Crippen LogP contribution in [0.25, 0.3) is 31.7 Å². The summed E-state index contributed by atoms with van der Waals surface area (Å²) in [6.07, 6.45) is 3.25. The Balaban J connectivity index is 1.52. The predicted octanol–water partition coefficient (Wildman–Crippen LogP) is 6.09. The zero-order valence-electron chi connectivity index (χ0n) is 18.6. The molecule has 0 atom stereocenters. The van der Waals surface area contributed by atoms with Gasteiger partial charge in [-0.3, -0.25) is 0 Å². The Bertz CT molecular complexity index is 1470. The van der Waals surface area contributed by atoms with Crippen LogP contribution in [0.15, 0.2) is 65.8 Å². The van der Waals surface area contributed by atoms with Gasteiger partial charge >= 0.3 is 0 Å². The van der Waals surface area contributed by atoms with Crippen LogP contribution >= 0.6 is 23.1 Å². The van der Waals surface area contributed by atoms with Gasteiger partial charge in [-0.15, -0.1) is 11.3 Å². The van der Waals surface area contributed by atoms with E-state index in [9.17, 15) is 5.11 Å². The Hall–Kier alpha value is -3.00. The molecule has 5 nitrogen and oxygen atoms in total. The number of hydrogen-bond donors (Lipinski definition) is 2. The summed E-state index contributed by atoms with van der Waals surface area (Å²) in [7, 11) is 0. The minimum atomic E-state index is 0.0503. The number of anilines is 1. The van der Waals surface area contributed by atoms with Gasteiger partial charge in [0, 0.05) is 23.2 Å². The summed E-state index contributed by atoms with van der Waals surface area (Å²) in [4.78, 5) is 16.1. The third-order valence-electron chi connectivity index (χ3n) is 6.18. The maximum absolute atomic E-state index is 9.43. The van der Waals surface area contributed by atoms with Gasteiger partial charge in [-0.05, 0) is 36.0 Å². The van der Waals surface area contributed by atoms with Crippen LogP contribution in [-0.2, 0) is 18.6 Å². The van der Waals surface area contributed by atoms with Gasteiger partial charge in [0.15, 0.2) is 5.16 Å². The maximum Gasteiger partial charge on any atom is 0.190 e. The largest absolute Gasteiger partial charge is 0.395 e. The number of thiophene rings is 1. The number of aliphatic hydroxyl groups excluding tert-OH is 1. The van der Waals surface area contributed by atoms with E-state index < -0.39 is 0 Å². The number of nitrogens with zero attached hydrogens (tertiary/aromatic N) is 3. The Morgan fingerprint density at radius 1 is 0.912 bits per heavy atom. The van der Waals surface area contributed by atoms with Crippen LogP contribution in [0.4, 0.5) is 5.82 Å². The Labute approximate surface area is 206 Å². The van der Waals surface area contributed by atoms with Crippen molar-refractivity contribution in [2.24, 2.45) is 0 Å². The highest BCUT2D eigenvalue weighted by molar-refractivity contribution is 7.98. The van der Waals surface area contributed by atoms with Crippen LogP contribution in [0.2, 0.25) is 0 Å². The highest BCUT2D eigenvalue weighted by Crippen LogP contribution is 2.44. The second kappa shape index (κ2) is 9.33. The SMILES string of the molecule is OCCNc1nc(SCc2ccccc2)nc2c1sc1nc(-c3ccccc3)c3c(c12)CCC3. The smallest absolute Gasteiger partial charge is 0.190 e. The van der Waals surface area contributed by atoms with E-state index >= 15 is 0 Å². The van der Waals surface area contributed by atoms with Crippen LogP contribution < -0.4 is 5.32 Å². The number of aromatic nitrogens is 3. The Kier molecular flexibility index (Phi) is 5.91.